The second kappa shape index (κ2) is 13.6. The molecule has 44 heavy (non-hydrogen) atoms. The lowest BCUT2D eigenvalue weighted by Crippen LogP contribution is -2.20. The van der Waals surface area contributed by atoms with Crippen LogP contribution in [0.25, 0.3) is 39.0 Å². The third kappa shape index (κ3) is 6.93. The predicted molar refractivity (Wildman–Crippen MR) is 179 cm³/mol. The van der Waals surface area contributed by atoms with Crippen molar-refractivity contribution in [2.24, 2.45) is 5.92 Å². The number of H-pyrrole nitrogens is 2. The lowest BCUT2D eigenvalue weighted by molar-refractivity contribution is 0.425. The summed E-state index contributed by atoms with van der Waals surface area (Å²) in [6, 6.07) is 15.8. The Balaban J connectivity index is 1.22. The van der Waals surface area contributed by atoms with Crippen LogP contribution in [0.2, 0.25) is 0 Å². The van der Waals surface area contributed by atoms with Gasteiger partial charge in [0.25, 0.3) is 0 Å². The van der Waals surface area contributed by atoms with Crippen LogP contribution >= 0.6 is 0 Å². The van der Waals surface area contributed by atoms with E-state index >= 15 is 0 Å². The molecule has 8 heteroatoms. The number of rotatable bonds is 12. The van der Waals surface area contributed by atoms with E-state index in [2.05, 4.69) is 66.0 Å². The Morgan fingerprint density at radius 2 is 1.89 bits per heavy atom. The van der Waals surface area contributed by atoms with Crippen molar-refractivity contribution in [3.63, 3.8) is 0 Å². The summed E-state index contributed by atoms with van der Waals surface area (Å²) in [6.07, 6.45) is 13.3. The van der Waals surface area contributed by atoms with Gasteiger partial charge in [-0.2, -0.15) is 5.10 Å². The van der Waals surface area contributed by atoms with Crippen LogP contribution in [0, 0.1) is 11.7 Å². The van der Waals surface area contributed by atoms with Crippen molar-refractivity contribution in [1.29, 1.82) is 0 Å². The summed E-state index contributed by atoms with van der Waals surface area (Å²) >= 11 is 0. The Hall–Kier alpha value is -4.27. The maximum atomic E-state index is 14.6. The van der Waals surface area contributed by atoms with Crippen LogP contribution in [0.1, 0.15) is 49.3 Å². The number of anilines is 1. The molecule has 5 aromatic rings. The lowest BCUT2D eigenvalue weighted by Gasteiger charge is -2.13. The fourth-order valence-corrected chi connectivity index (χ4v) is 6.23. The van der Waals surface area contributed by atoms with Gasteiger partial charge in [-0.05, 0) is 111 Å². The number of pyridine rings is 1. The number of nitrogens with one attached hydrogen (secondary N) is 4. The maximum absolute atomic E-state index is 14.6. The minimum Gasteiger partial charge on any atom is -0.384 e. The molecule has 0 radical (unpaired) electrons. The van der Waals surface area contributed by atoms with Crippen LogP contribution in [0.3, 0.4) is 0 Å². The quantitative estimate of drug-likeness (QED) is 0.121. The molecule has 0 atom stereocenters. The van der Waals surface area contributed by atoms with E-state index in [-0.39, 0.29) is 5.82 Å². The molecule has 4 N–H and O–H groups in total. The highest BCUT2D eigenvalue weighted by Crippen LogP contribution is 2.33. The van der Waals surface area contributed by atoms with E-state index in [9.17, 15) is 4.39 Å². The molecule has 7 nitrogen and oxygen atoms in total. The van der Waals surface area contributed by atoms with Crippen LogP contribution < -0.4 is 10.6 Å². The molecule has 6 rings (SSSR count). The minimum atomic E-state index is -0.265. The zero-order valence-corrected chi connectivity index (χ0v) is 25.9. The van der Waals surface area contributed by atoms with Crippen molar-refractivity contribution in [2.75, 3.05) is 39.0 Å². The number of aromatic nitrogens is 4. The number of likely N-dealkylation sites (N-methyl/N-ethyl adjacent to an activating group) is 1. The highest BCUT2D eigenvalue weighted by Gasteiger charge is 2.16. The van der Waals surface area contributed by atoms with Crippen molar-refractivity contribution in [3.8, 4) is 22.5 Å². The molecule has 0 bridgehead atoms. The standard InChI is InChI=1S/C36H42FN7/c1-4-32(27-14-30(37)18-31(15-27)40-11-12-44(2)3)29-17-35(41-23-29)36-33-16-26(9-10-34(33)42-43-36)28-13-25(21-39-22-28)20-38-19-24-7-5-6-8-24/h4,9-10,13-18,21-24,38,40-41H,5-8,11-12,19-20H2,1-3H3,(H,42,43)/b32-4-. The summed E-state index contributed by atoms with van der Waals surface area (Å²) < 4.78 is 14.6. The first-order valence-corrected chi connectivity index (χ1v) is 15.6. The number of hydrogen-bond donors (Lipinski definition) is 4. The molecule has 0 unspecified atom stereocenters. The first-order chi connectivity index (χ1) is 21.5. The van der Waals surface area contributed by atoms with Gasteiger partial charge in [0.05, 0.1) is 11.2 Å². The number of aromatic amines is 2. The van der Waals surface area contributed by atoms with Gasteiger partial charge in [0, 0.05) is 60.4 Å². The van der Waals surface area contributed by atoms with E-state index < -0.39 is 0 Å². The number of benzene rings is 2. The number of hydrogen-bond acceptors (Lipinski definition) is 5. The third-order valence-electron chi connectivity index (χ3n) is 8.56. The van der Waals surface area contributed by atoms with E-state index in [0.29, 0.717) is 0 Å². The van der Waals surface area contributed by atoms with E-state index in [4.69, 9.17) is 0 Å². The number of fused-ring (bicyclic) bond motifs is 1. The molecule has 2 aromatic carbocycles. The maximum Gasteiger partial charge on any atom is 0.125 e. The van der Waals surface area contributed by atoms with Gasteiger partial charge in [-0.15, -0.1) is 0 Å². The predicted octanol–water partition coefficient (Wildman–Crippen LogP) is 7.46. The van der Waals surface area contributed by atoms with E-state index in [1.807, 2.05) is 51.8 Å². The van der Waals surface area contributed by atoms with Crippen LogP contribution in [0.15, 0.2) is 73.2 Å². The third-order valence-corrected chi connectivity index (χ3v) is 8.56. The molecule has 1 fully saturated rings. The number of nitrogens with zero attached hydrogens (tertiary/aromatic N) is 3. The van der Waals surface area contributed by atoms with Gasteiger partial charge in [-0.1, -0.05) is 25.0 Å². The summed E-state index contributed by atoms with van der Waals surface area (Å²) in [7, 11) is 4.05. The van der Waals surface area contributed by atoms with Gasteiger partial charge in [0.15, 0.2) is 0 Å². The van der Waals surface area contributed by atoms with Gasteiger partial charge in [0.1, 0.15) is 11.5 Å². The Bertz CT molecular complexity index is 1740. The van der Waals surface area contributed by atoms with Crippen LogP contribution in [-0.4, -0.2) is 58.8 Å². The molecule has 1 saturated carbocycles. The summed E-state index contributed by atoms with van der Waals surface area (Å²) in [5.41, 5.74) is 9.60. The summed E-state index contributed by atoms with van der Waals surface area (Å²) in [5, 5.41) is 15.9. The first kappa shape index (κ1) is 29.8. The Labute approximate surface area is 259 Å². The second-order valence-electron chi connectivity index (χ2n) is 12.2. The lowest BCUT2D eigenvalue weighted by atomic mass is 9.98. The van der Waals surface area contributed by atoms with Gasteiger partial charge >= 0.3 is 0 Å². The minimum absolute atomic E-state index is 0.265. The van der Waals surface area contributed by atoms with E-state index in [1.165, 1.54) is 31.2 Å². The molecular formula is C36H42FN7. The first-order valence-electron chi connectivity index (χ1n) is 15.6. The Morgan fingerprint density at radius 3 is 2.70 bits per heavy atom. The zero-order valence-electron chi connectivity index (χ0n) is 25.9. The van der Waals surface area contributed by atoms with E-state index in [0.717, 1.165) is 87.9 Å². The average Bonchev–Trinajstić information content (AvgIpc) is 3.79. The monoisotopic (exact) mass is 591 g/mol. The molecule has 1 aliphatic rings. The molecule has 0 aliphatic heterocycles. The van der Waals surface area contributed by atoms with Gasteiger partial charge < -0.3 is 20.5 Å². The van der Waals surface area contributed by atoms with Gasteiger partial charge in [-0.25, -0.2) is 4.39 Å². The van der Waals surface area contributed by atoms with E-state index in [1.54, 1.807) is 12.1 Å². The highest BCUT2D eigenvalue weighted by molar-refractivity contribution is 5.95. The number of halogens is 1. The van der Waals surface area contributed by atoms with Crippen LogP contribution in [-0.2, 0) is 6.54 Å². The highest BCUT2D eigenvalue weighted by atomic mass is 19.1. The normalized spacial score (nSPS) is 14.2. The summed E-state index contributed by atoms with van der Waals surface area (Å²) in [4.78, 5) is 10.1. The molecule has 1 aliphatic carbocycles. The Morgan fingerprint density at radius 1 is 1.02 bits per heavy atom. The molecule has 3 aromatic heterocycles. The van der Waals surface area contributed by atoms with Crippen molar-refractivity contribution < 1.29 is 4.39 Å². The fourth-order valence-electron chi connectivity index (χ4n) is 6.23. The molecular weight excluding hydrogens is 549 g/mol. The largest absolute Gasteiger partial charge is 0.384 e. The van der Waals surface area contributed by atoms with Crippen molar-refractivity contribution in [2.45, 2.75) is 39.2 Å². The fraction of sp³-hybridized carbons (Fsp3) is 0.333. The molecule has 0 saturated heterocycles. The van der Waals surface area contributed by atoms with Crippen molar-refractivity contribution in [3.05, 3.63) is 95.7 Å². The van der Waals surface area contributed by atoms with Crippen molar-refractivity contribution in [1.82, 2.24) is 30.4 Å². The van der Waals surface area contributed by atoms with Crippen LogP contribution in [0.4, 0.5) is 10.1 Å². The van der Waals surface area contributed by atoms with Crippen LogP contribution in [0.5, 0.6) is 0 Å². The SMILES string of the molecule is C/C=C(/c1cc(F)cc(NCCN(C)C)c1)c1c[nH]c(-c2n[nH]c3ccc(-c4cncc(CNCC5CCCC5)c4)cc23)c1. The smallest absolute Gasteiger partial charge is 0.125 e. The second-order valence-corrected chi connectivity index (χ2v) is 12.2. The van der Waals surface area contributed by atoms with Gasteiger partial charge in [0.2, 0.25) is 0 Å². The Kier molecular flexibility index (Phi) is 9.19. The summed E-state index contributed by atoms with van der Waals surface area (Å²) in [6.45, 7) is 5.49. The molecule has 3 heterocycles. The number of allylic oxidation sites excluding steroid dienone is 1. The summed E-state index contributed by atoms with van der Waals surface area (Å²) in [5.74, 6) is 0.547. The molecule has 0 amide bonds. The average molecular weight is 592 g/mol. The molecule has 228 valence electrons. The molecule has 0 spiro atoms. The zero-order chi connectivity index (χ0) is 30.5. The van der Waals surface area contributed by atoms with Crippen molar-refractivity contribution >= 4 is 22.2 Å². The van der Waals surface area contributed by atoms with Gasteiger partial charge in [-0.3, -0.25) is 10.1 Å². The topological polar surface area (TPSA) is 84.7 Å².